The zero-order valence-electron chi connectivity index (χ0n) is 6.86. The Bertz CT molecular complexity index is 396. The number of benzene rings is 1. The summed E-state index contributed by atoms with van der Waals surface area (Å²) in [6.07, 6.45) is 3.48. The third kappa shape index (κ3) is 1.46. The number of fused-ring (bicyclic) bond motifs is 1. The first-order valence-corrected chi connectivity index (χ1v) is 3.86. The fourth-order valence-corrected chi connectivity index (χ4v) is 1.13. The lowest BCUT2D eigenvalue weighted by molar-refractivity contribution is 0.475. The molecule has 0 unspecified atom stereocenters. The number of hydrogen-bond donors (Lipinski definition) is 3. The summed E-state index contributed by atoms with van der Waals surface area (Å²) in [5, 5.41) is 13.1. The lowest BCUT2D eigenvalue weighted by atomic mass is 10.1. The van der Waals surface area contributed by atoms with E-state index in [-0.39, 0.29) is 5.75 Å². The molecule has 4 nitrogen and oxygen atoms in total. The number of nitrogens with two attached hydrogens (primary N) is 1. The van der Waals surface area contributed by atoms with E-state index in [1.165, 1.54) is 0 Å². The molecular weight excluding hydrogens is 166 g/mol. The Morgan fingerprint density at radius 1 is 1.31 bits per heavy atom. The Balaban J connectivity index is 2.50. The molecule has 0 spiro atoms. The van der Waals surface area contributed by atoms with Crippen molar-refractivity contribution < 1.29 is 5.11 Å². The molecule has 0 saturated heterocycles. The van der Waals surface area contributed by atoms with E-state index in [9.17, 15) is 5.11 Å². The van der Waals surface area contributed by atoms with Gasteiger partial charge in [-0.1, -0.05) is 0 Å². The van der Waals surface area contributed by atoms with Crippen LogP contribution in [0.1, 0.15) is 5.56 Å². The molecule has 0 fully saturated rings. The van der Waals surface area contributed by atoms with Gasteiger partial charge in [0.15, 0.2) is 0 Å². The van der Waals surface area contributed by atoms with Crippen molar-refractivity contribution >= 4 is 17.6 Å². The van der Waals surface area contributed by atoms with Crippen LogP contribution in [0.4, 0.5) is 5.69 Å². The molecule has 1 aromatic carbocycles. The number of nitrogens with one attached hydrogen (secondary N) is 1. The molecule has 0 amide bonds. The van der Waals surface area contributed by atoms with Crippen LogP contribution in [-0.4, -0.2) is 10.9 Å². The molecule has 4 heteroatoms. The maximum absolute atomic E-state index is 9.22. The molecule has 2 rings (SSSR count). The average molecular weight is 175 g/mol. The van der Waals surface area contributed by atoms with Crippen LogP contribution in [-0.2, 0) is 0 Å². The van der Waals surface area contributed by atoms with E-state index in [4.69, 9.17) is 5.73 Å². The van der Waals surface area contributed by atoms with Crippen LogP contribution in [0, 0.1) is 0 Å². The van der Waals surface area contributed by atoms with Crippen LogP contribution in [0.25, 0.3) is 6.08 Å². The first-order chi connectivity index (χ1) is 6.25. The molecule has 1 heterocycles. The predicted molar refractivity (Wildman–Crippen MR) is 52.4 cm³/mol. The number of hydrazone groups is 1. The fraction of sp³-hybridized carbons (Fsp3) is 0. The Hall–Kier alpha value is -1.97. The van der Waals surface area contributed by atoms with Gasteiger partial charge in [0.25, 0.3) is 0 Å². The van der Waals surface area contributed by atoms with Crippen LogP contribution in [0.15, 0.2) is 29.4 Å². The number of phenolic OH excluding ortho intramolecular Hbond substituents is 1. The fourth-order valence-electron chi connectivity index (χ4n) is 1.13. The minimum atomic E-state index is 0.227. The maximum atomic E-state index is 9.22. The summed E-state index contributed by atoms with van der Waals surface area (Å²) in [5.41, 5.74) is 9.98. The number of nitrogens with zero attached hydrogens (tertiary/aromatic N) is 1. The number of aromatic hydroxyl groups is 1. The van der Waals surface area contributed by atoms with Crippen molar-refractivity contribution in [2.24, 2.45) is 10.8 Å². The highest BCUT2D eigenvalue weighted by molar-refractivity contribution is 5.97. The molecule has 0 radical (unpaired) electrons. The van der Waals surface area contributed by atoms with Gasteiger partial charge in [-0.05, 0) is 30.4 Å². The van der Waals surface area contributed by atoms with Crippen LogP contribution >= 0.6 is 0 Å². The number of amidine groups is 1. The van der Waals surface area contributed by atoms with Crippen molar-refractivity contribution in [1.29, 1.82) is 0 Å². The summed E-state index contributed by atoms with van der Waals surface area (Å²) in [6.45, 7) is 0. The van der Waals surface area contributed by atoms with Crippen LogP contribution in [0.3, 0.4) is 0 Å². The van der Waals surface area contributed by atoms with Gasteiger partial charge in [-0.15, -0.1) is 0 Å². The normalized spacial score (nSPS) is 14.0. The molecule has 1 aliphatic heterocycles. The van der Waals surface area contributed by atoms with E-state index in [0.717, 1.165) is 11.3 Å². The minimum absolute atomic E-state index is 0.227. The van der Waals surface area contributed by atoms with Crippen molar-refractivity contribution in [2.45, 2.75) is 0 Å². The summed E-state index contributed by atoms with van der Waals surface area (Å²) in [5.74, 6) is 0.640. The van der Waals surface area contributed by atoms with Crippen LogP contribution < -0.4 is 11.2 Å². The lowest BCUT2D eigenvalue weighted by Crippen LogP contribution is -2.08. The molecule has 0 aliphatic carbocycles. The molecule has 0 aromatic heterocycles. The SMILES string of the molecule is NC1=NNc2ccc(O)cc2C=C1. The highest BCUT2D eigenvalue weighted by Crippen LogP contribution is 2.23. The second-order valence-electron chi connectivity index (χ2n) is 2.75. The lowest BCUT2D eigenvalue weighted by Gasteiger charge is -2.03. The van der Waals surface area contributed by atoms with Gasteiger partial charge in [0.05, 0.1) is 5.69 Å². The largest absolute Gasteiger partial charge is 0.508 e. The Labute approximate surface area is 75.4 Å². The molecule has 4 N–H and O–H groups in total. The molecule has 0 saturated carbocycles. The highest BCUT2D eigenvalue weighted by atomic mass is 16.3. The van der Waals surface area contributed by atoms with Gasteiger partial charge >= 0.3 is 0 Å². The van der Waals surface area contributed by atoms with Crippen molar-refractivity contribution in [1.82, 2.24) is 0 Å². The molecule has 0 bridgehead atoms. The van der Waals surface area contributed by atoms with Crippen molar-refractivity contribution in [3.05, 3.63) is 29.8 Å². The standard InChI is InChI=1S/C9H9N3O/c10-9-4-1-6-5-7(13)2-3-8(6)11-12-9/h1-5,11,13H,(H2,10,12). The van der Waals surface area contributed by atoms with Gasteiger partial charge in [-0.25, -0.2) is 0 Å². The highest BCUT2D eigenvalue weighted by Gasteiger charge is 2.02. The Morgan fingerprint density at radius 3 is 3.00 bits per heavy atom. The average Bonchev–Trinajstić information content (AvgIpc) is 2.29. The second kappa shape index (κ2) is 2.82. The maximum Gasteiger partial charge on any atom is 0.143 e. The number of phenols is 1. The van der Waals surface area contributed by atoms with Gasteiger partial charge in [-0.2, -0.15) is 5.10 Å². The first kappa shape index (κ1) is 7.67. The van der Waals surface area contributed by atoms with E-state index in [1.54, 1.807) is 30.4 Å². The molecule has 1 aliphatic rings. The minimum Gasteiger partial charge on any atom is -0.508 e. The first-order valence-electron chi connectivity index (χ1n) is 3.86. The Morgan fingerprint density at radius 2 is 2.15 bits per heavy atom. The summed E-state index contributed by atoms with van der Waals surface area (Å²) in [7, 11) is 0. The third-order valence-electron chi connectivity index (χ3n) is 1.77. The zero-order valence-corrected chi connectivity index (χ0v) is 6.86. The van der Waals surface area contributed by atoms with Crippen molar-refractivity contribution in [2.75, 3.05) is 5.43 Å². The topological polar surface area (TPSA) is 70.6 Å². The Kier molecular flexibility index (Phi) is 1.66. The number of hydrogen-bond acceptors (Lipinski definition) is 4. The van der Waals surface area contributed by atoms with E-state index >= 15 is 0 Å². The summed E-state index contributed by atoms with van der Waals surface area (Å²) in [6, 6.07) is 4.99. The second-order valence-corrected chi connectivity index (χ2v) is 2.75. The predicted octanol–water partition coefficient (Wildman–Crippen LogP) is 1.10. The summed E-state index contributed by atoms with van der Waals surface area (Å²) < 4.78 is 0. The van der Waals surface area contributed by atoms with E-state index in [0.29, 0.717) is 5.84 Å². The quantitative estimate of drug-likeness (QED) is 0.517. The summed E-state index contributed by atoms with van der Waals surface area (Å²) >= 11 is 0. The molecule has 13 heavy (non-hydrogen) atoms. The zero-order chi connectivity index (χ0) is 9.26. The molecule has 66 valence electrons. The van der Waals surface area contributed by atoms with Gasteiger partial charge in [0.2, 0.25) is 0 Å². The van der Waals surface area contributed by atoms with E-state index in [1.807, 2.05) is 0 Å². The summed E-state index contributed by atoms with van der Waals surface area (Å²) in [4.78, 5) is 0. The van der Waals surface area contributed by atoms with Crippen molar-refractivity contribution in [3.63, 3.8) is 0 Å². The molecular formula is C9H9N3O. The van der Waals surface area contributed by atoms with Gasteiger partial charge in [0, 0.05) is 5.56 Å². The van der Waals surface area contributed by atoms with Gasteiger partial charge < -0.3 is 10.8 Å². The number of rotatable bonds is 0. The van der Waals surface area contributed by atoms with Crippen molar-refractivity contribution in [3.8, 4) is 5.75 Å². The van der Waals surface area contributed by atoms with E-state index in [2.05, 4.69) is 10.5 Å². The molecule has 0 atom stereocenters. The van der Waals surface area contributed by atoms with Crippen LogP contribution in [0.5, 0.6) is 5.75 Å². The monoisotopic (exact) mass is 175 g/mol. The van der Waals surface area contributed by atoms with Gasteiger partial charge in [-0.3, -0.25) is 5.43 Å². The third-order valence-corrected chi connectivity index (χ3v) is 1.77. The van der Waals surface area contributed by atoms with Gasteiger partial charge in [0.1, 0.15) is 11.6 Å². The van der Waals surface area contributed by atoms with E-state index < -0.39 is 0 Å². The number of anilines is 1. The molecule has 1 aromatic rings. The van der Waals surface area contributed by atoms with Crippen LogP contribution in [0.2, 0.25) is 0 Å². The smallest absolute Gasteiger partial charge is 0.143 e.